The van der Waals surface area contributed by atoms with Crippen LogP contribution in [-0.4, -0.2) is 48.6 Å². The van der Waals surface area contributed by atoms with Crippen molar-refractivity contribution >= 4 is 33.0 Å². The smallest absolute Gasteiger partial charge is 0.269 e. The molecule has 3 rings (SSSR count). The Morgan fingerprint density at radius 1 is 1.33 bits per heavy atom. The summed E-state index contributed by atoms with van der Waals surface area (Å²) in [6.45, 7) is 4.20. The molecule has 0 aliphatic carbocycles. The highest BCUT2D eigenvalue weighted by atomic mass is 32.2. The zero-order valence-corrected chi connectivity index (χ0v) is 18.8. The number of non-ortho nitro benzene ring substituents is 1. The largest absolute Gasteiger partial charge is 0.339 e. The summed E-state index contributed by atoms with van der Waals surface area (Å²) >= 11 is 1.23. The van der Waals surface area contributed by atoms with E-state index in [2.05, 4.69) is 0 Å². The summed E-state index contributed by atoms with van der Waals surface area (Å²) in [5.41, 5.74) is 0.635. The number of hydrogen-bond acceptors (Lipinski definition) is 6. The number of nitrogens with zero attached hydrogens (tertiary/aromatic N) is 3. The molecule has 1 aromatic carbocycles. The van der Waals surface area contributed by atoms with Gasteiger partial charge in [-0.2, -0.15) is 4.31 Å². The predicted molar refractivity (Wildman–Crippen MR) is 115 cm³/mol. The average molecular weight is 452 g/mol. The average Bonchev–Trinajstić information content (AvgIpc) is 3.19. The van der Waals surface area contributed by atoms with Gasteiger partial charge in [-0.05, 0) is 44.4 Å². The van der Waals surface area contributed by atoms with Gasteiger partial charge in [0, 0.05) is 37.1 Å². The van der Waals surface area contributed by atoms with Gasteiger partial charge in [0.05, 0.1) is 16.9 Å². The molecule has 162 valence electrons. The first-order chi connectivity index (χ1) is 14.1. The fourth-order valence-corrected chi connectivity index (χ4v) is 6.60. The van der Waals surface area contributed by atoms with Crippen molar-refractivity contribution in [2.75, 3.05) is 20.1 Å². The Bertz CT molecular complexity index is 1050. The van der Waals surface area contributed by atoms with Gasteiger partial charge in [-0.15, -0.1) is 11.3 Å². The van der Waals surface area contributed by atoms with E-state index in [-0.39, 0.29) is 24.2 Å². The van der Waals surface area contributed by atoms with Gasteiger partial charge in [0.25, 0.3) is 15.7 Å². The first kappa shape index (κ1) is 22.4. The van der Waals surface area contributed by atoms with E-state index in [4.69, 9.17) is 0 Å². The molecule has 2 unspecified atom stereocenters. The van der Waals surface area contributed by atoms with Gasteiger partial charge in [0.2, 0.25) is 5.91 Å². The number of aryl methyl sites for hydroxylation is 1. The number of amides is 1. The summed E-state index contributed by atoms with van der Waals surface area (Å²) in [7, 11) is -1.96. The third-order valence-corrected chi connectivity index (χ3v) is 8.87. The zero-order valence-electron chi connectivity index (χ0n) is 17.1. The van der Waals surface area contributed by atoms with Crippen LogP contribution in [0.25, 0.3) is 0 Å². The number of hydrogen-bond donors (Lipinski definition) is 0. The maximum absolute atomic E-state index is 13.1. The van der Waals surface area contributed by atoms with Crippen molar-refractivity contribution in [1.82, 2.24) is 9.21 Å². The van der Waals surface area contributed by atoms with Crippen LogP contribution < -0.4 is 0 Å². The lowest BCUT2D eigenvalue weighted by Crippen LogP contribution is -2.46. The summed E-state index contributed by atoms with van der Waals surface area (Å²) in [5.74, 6) is -0.600. The van der Waals surface area contributed by atoms with Crippen LogP contribution >= 0.6 is 11.3 Å². The summed E-state index contributed by atoms with van der Waals surface area (Å²) in [5, 5.41) is 11.0. The molecule has 30 heavy (non-hydrogen) atoms. The van der Waals surface area contributed by atoms with Crippen molar-refractivity contribution in [3.05, 3.63) is 57.0 Å². The Balaban J connectivity index is 1.74. The number of nitro benzene ring substituents is 1. The molecule has 1 aromatic heterocycles. The number of nitro groups is 1. The Morgan fingerprint density at radius 3 is 2.70 bits per heavy atom. The van der Waals surface area contributed by atoms with E-state index < -0.39 is 20.9 Å². The van der Waals surface area contributed by atoms with Gasteiger partial charge < -0.3 is 4.90 Å². The van der Waals surface area contributed by atoms with Crippen LogP contribution in [0.5, 0.6) is 0 Å². The van der Waals surface area contributed by atoms with E-state index in [1.54, 1.807) is 36.2 Å². The number of carbonyl (C=O) groups is 1. The molecule has 1 aliphatic rings. The molecule has 1 saturated heterocycles. The number of sulfonamides is 1. The second-order valence-electron chi connectivity index (χ2n) is 7.54. The third-order valence-electron chi connectivity index (χ3n) is 5.54. The highest BCUT2D eigenvalue weighted by Gasteiger charge is 2.36. The van der Waals surface area contributed by atoms with Crippen molar-refractivity contribution in [2.45, 2.75) is 36.9 Å². The van der Waals surface area contributed by atoms with Crippen molar-refractivity contribution < 1.29 is 18.1 Å². The zero-order chi connectivity index (χ0) is 22.1. The van der Waals surface area contributed by atoms with Crippen LogP contribution in [0, 0.1) is 23.0 Å². The standard InChI is InChI=1S/C20H25N3O5S2/c1-14-9-10-19(29-14)30(27,28)22-11-5-7-17(13-22)20(24)21(3)15(2)16-6-4-8-18(12-16)23(25)26/h4,6,8-10,12,15,17H,5,7,11,13H2,1-3H3. The Kier molecular flexibility index (Phi) is 6.59. The molecule has 0 spiro atoms. The lowest BCUT2D eigenvalue weighted by molar-refractivity contribution is -0.384. The number of piperidine rings is 1. The second kappa shape index (κ2) is 8.83. The van der Waals surface area contributed by atoms with Crippen LogP contribution in [0.15, 0.2) is 40.6 Å². The molecule has 0 saturated carbocycles. The van der Waals surface area contributed by atoms with E-state index in [1.807, 2.05) is 13.8 Å². The summed E-state index contributed by atoms with van der Waals surface area (Å²) < 4.78 is 27.6. The number of thiophene rings is 1. The van der Waals surface area contributed by atoms with Gasteiger partial charge in [-0.25, -0.2) is 8.42 Å². The molecule has 0 N–H and O–H groups in total. The molecular formula is C20H25N3O5S2. The van der Waals surface area contributed by atoms with E-state index in [9.17, 15) is 23.3 Å². The molecule has 1 fully saturated rings. The topological polar surface area (TPSA) is 101 Å². The Morgan fingerprint density at radius 2 is 2.07 bits per heavy atom. The van der Waals surface area contributed by atoms with Crippen molar-refractivity contribution in [3.8, 4) is 0 Å². The van der Waals surface area contributed by atoms with Gasteiger partial charge in [0.15, 0.2) is 0 Å². The fraction of sp³-hybridized carbons (Fsp3) is 0.450. The first-order valence-corrected chi connectivity index (χ1v) is 11.9. The maximum atomic E-state index is 13.1. The van der Waals surface area contributed by atoms with Crippen LogP contribution in [0.3, 0.4) is 0 Å². The van der Waals surface area contributed by atoms with Crippen molar-refractivity contribution in [3.63, 3.8) is 0 Å². The van der Waals surface area contributed by atoms with E-state index in [0.717, 1.165) is 4.88 Å². The maximum Gasteiger partial charge on any atom is 0.269 e. The Hall–Kier alpha value is -2.30. The van der Waals surface area contributed by atoms with Crippen molar-refractivity contribution in [1.29, 1.82) is 0 Å². The lowest BCUT2D eigenvalue weighted by Gasteiger charge is -2.35. The minimum Gasteiger partial charge on any atom is -0.339 e. The van der Waals surface area contributed by atoms with Gasteiger partial charge in [-0.3, -0.25) is 14.9 Å². The van der Waals surface area contributed by atoms with Crippen LogP contribution in [0.1, 0.15) is 36.2 Å². The molecule has 2 aromatic rings. The quantitative estimate of drug-likeness (QED) is 0.493. The molecule has 0 radical (unpaired) electrons. The van der Waals surface area contributed by atoms with Crippen molar-refractivity contribution in [2.24, 2.45) is 5.92 Å². The molecule has 0 bridgehead atoms. The number of benzene rings is 1. The molecule has 10 heteroatoms. The minimum absolute atomic E-state index is 0.0265. The van der Waals surface area contributed by atoms with E-state index >= 15 is 0 Å². The van der Waals surface area contributed by atoms with Crippen LogP contribution in [0.2, 0.25) is 0 Å². The molecule has 8 nitrogen and oxygen atoms in total. The summed E-state index contributed by atoms with van der Waals surface area (Å²) in [6.07, 6.45) is 1.22. The monoisotopic (exact) mass is 451 g/mol. The number of rotatable bonds is 6. The SMILES string of the molecule is Cc1ccc(S(=O)(=O)N2CCCC(C(=O)N(C)C(C)c3cccc([N+](=O)[O-])c3)C2)s1. The molecule has 1 amide bonds. The predicted octanol–water partition coefficient (Wildman–Crippen LogP) is 3.59. The molecule has 2 atom stereocenters. The van der Waals surface area contributed by atoms with Gasteiger partial charge in [-0.1, -0.05) is 12.1 Å². The normalized spacial score (nSPS) is 18.7. The minimum atomic E-state index is -3.61. The summed E-state index contributed by atoms with van der Waals surface area (Å²) in [6, 6.07) is 9.23. The highest BCUT2D eigenvalue weighted by Crippen LogP contribution is 2.30. The van der Waals surface area contributed by atoms with Gasteiger partial charge >= 0.3 is 0 Å². The van der Waals surface area contributed by atoms with E-state index in [1.165, 1.54) is 27.8 Å². The lowest BCUT2D eigenvalue weighted by atomic mass is 9.96. The van der Waals surface area contributed by atoms with Crippen LogP contribution in [0.4, 0.5) is 5.69 Å². The van der Waals surface area contributed by atoms with Gasteiger partial charge in [0.1, 0.15) is 4.21 Å². The Labute approximate surface area is 180 Å². The first-order valence-electron chi connectivity index (χ1n) is 9.69. The van der Waals surface area contributed by atoms with E-state index in [0.29, 0.717) is 29.2 Å². The molecule has 1 aliphatic heterocycles. The fourth-order valence-electron chi connectivity index (χ4n) is 3.64. The molecular weight excluding hydrogens is 426 g/mol. The van der Waals surface area contributed by atoms with Crippen LogP contribution in [-0.2, 0) is 14.8 Å². The summed E-state index contributed by atoms with van der Waals surface area (Å²) in [4.78, 5) is 26.2. The second-order valence-corrected chi connectivity index (χ2v) is 11.0. The highest BCUT2D eigenvalue weighted by molar-refractivity contribution is 7.91. The molecule has 2 heterocycles. The number of carbonyl (C=O) groups excluding carboxylic acids is 1. The third kappa shape index (κ3) is 4.55.